The van der Waals surface area contributed by atoms with Crippen molar-refractivity contribution >= 4 is 0 Å². The van der Waals surface area contributed by atoms with E-state index in [4.69, 9.17) is 38.3 Å². The Hall–Kier alpha value is -0.320. The van der Waals surface area contributed by atoms with E-state index in [9.17, 15) is 0 Å². The molecule has 0 aromatic rings. The maximum atomic E-state index is 8.39. The van der Waals surface area contributed by atoms with E-state index in [-0.39, 0.29) is 6.61 Å². The van der Waals surface area contributed by atoms with Crippen molar-refractivity contribution in [3.8, 4) is 0 Å². The Kier molecular flexibility index (Phi) is 13.7. The van der Waals surface area contributed by atoms with Crippen LogP contribution in [0.25, 0.3) is 0 Å². The van der Waals surface area contributed by atoms with E-state index in [1.165, 1.54) is 0 Å². The second kappa shape index (κ2) is 15.2. The number of aliphatic hydroxyl groups is 1. The van der Waals surface area contributed by atoms with Crippen molar-refractivity contribution in [3.05, 3.63) is 0 Å². The van der Waals surface area contributed by atoms with Gasteiger partial charge in [-0.15, -0.1) is 0 Å². The largest absolute Gasteiger partial charge is 0.394 e. The van der Waals surface area contributed by atoms with Gasteiger partial charge in [-0.05, 0) is 0 Å². The van der Waals surface area contributed by atoms with Crippen molar-refractivity contribution in [1.82, 2.24) is 0 Å². The van der Waals surface area contributed by atoms with Gasteiger partial charge in [-0.1, -0.05) is 0 Å². The van der Waals surface area contributed by atoms with Crippen molar-refractivity contribution in [2.24, 2.45) is 0 Å². The Bertz CT molecular complexity index is 222. The van der Waals surface area contributed by atoms with Gasteiger partial charge in [-0.2, -0.15) is 0 Å². The van der Waals surface area contributed by atoms with Crippen molar-refractivity contribution in [2.45, 2.75) is 12.2 Å². The Balaban J connectivity index is 0.000000248. The van der Waals surface area contributed by atoms with Crippen molar-refractivity contribution in [3.63, 3.8) is 0 Å². The minimum absolute atomic E-state index is 0.0557. The smallest absolute Gasteiger partial charge is 0.104 e. The molecule has 8 nitrogen and oxygen atoms in total. The van der Waals surface area contributed by atoms with Crippen LogP contribution in [0, 0.1) is 0 Å². The second-order valence-electron chi connectivity index (χ2n) is 5.00. The second-order valence-corrected chi connectivity index (χ2v) is 5.00. The van der Waals surface area contributed by atoms with E-state index >= 15 is 0 Å². The van der Waals surface area contributed by atoms with Crippen LogP contribution in [0.15, 0.2) is 0 Å². The van der Waals surface area contributed by atoms with Crippen LogP contribution in [0.4, 0.5) is 0 Å². The molecule has 0 aromatic heterocycles. The molecule has 0 spiro atoms. The van der Waals surface area contributed by atoms with Crippen LogP contribution in [-0.2, 0) is 33.2 Å². The fourth-order valence-electron chi connectivity index (χ4n) is 1.41. The maximum Gasteiger partial charge on any atom is 0.104 e. The normalized spacial score (nSPS) is 21.7. The highest BCUT2D eigenvalue weighted by Gasteiger charge is 2.26. The Labute approximate surface area is 137 Å². The third-order valence-corrected chi connectivity index (χ3v) is 2.82. The number of hydrogen-bond donors (Lipinski definition) is 1. The lowest BCUT2D eigenvalue weighted by molar-refractivity contribution is -0.000973. The van der Waals surface area contributed by atoms with E-state index in [1.807, 2.05) is 0 Å². The highest BCUT2D eigenvalue weighted by Crippen LogP contribution is 2.12. The molecule has 2 saturated heterocycles. The number of ether oxygens (including phenoxy) is 7. The summed E-state index contributed by atoms with van der Waals surface area (Å²) in [5.74, 6) is 0. The molecular weight excluding hydrogens is 308 g/mol. The first-order chi connectivity index (χ1) is 11.4. The van der Waals surface area contributed by atoms with Crippen molar-refractivity contribution in [1.29, 1.82) is 0 Å². The first-order valence-corrected chi connectivity index (χ1v) is 8.00. The minimum atomic E-state index is 0.0557. The number of aliphatic hydroxyl groups excluding tert-OH is 1. The SMILES string of the molecule is C(OCC1CO1)C1CO1.COCCOCCOCCOCCO. The lowest BCUT2D eigenvalue weighted by Crippen LogP contribution is -2.12. The molecule has 2 heterocycles. The zero-order chi connectivity index (χ0) is 16.6. The van der Waals surface area contributed by atoms with Gasteiger partial charge in [0.05, 0.1) is 79.3 Å². The summed E-state index contributed by atoms with van der Waals surface area (Å²) < 4.78 is 35.3. The molecule has 138 valence electrons. The summed E-state index contributed by atoms with van der Waals surface area (Å²) in [5.41, 5.74) is 0. The first kappa shape index (κ1) is 20.7. The zero-order valence-electron chi connectivity index (χ0n) is 13.9. The predicted octanol–water partition coefficient (Wildman–Crippen LogP) is -0.524. The topological polar surface area (TPSA) is 91.4 Å². The molecule has 8 heteroatoms. The quantitative estimate of drug-likeness (QED) is 0.315. The fourth-order valence-corrected chi connectivity index (χ4v) is 1.41. The van der Waals surface area contributed by atoms with Crippen LogP contribution in [0.5, 0.6) is 0 Å². The summed E-state index contributed by atoms with van der Waals surface area (Å²) in [4.78, 5) is 0. The van der Waals surface area contributed by atoms with Crippen LogP contribution < -0.4 is 0 Å². The average Bonchev–Trinajstić information content (AvgIpc) is 3.45. The van der Waals surface area contributed by atoms with Gasteiger partial charge in [0.2, 0.25) is 0 Å². The third kappa shape index (κ3) is 16.3. The predicted molar refractivity (Wildman–Crippen MR) is 81.7 cm³/mol. The standard InChI is InChI=1S/C9H20O5.C6H10O3/c1-11-4-5-13-8-9-14-7-6-12-3-2-10;1(5-3-8-5)7-2-6-4-9-6/h10H,2-9H2,1H3;5-6H,1-4H2. The van der Waals surface area contributed by atoms with Crippen molar-refractivity contribution in [2.75, 3.05) is 86.4 Å². The Morgan fingerprint density at radius 1 is 0.739 bits per heavy atom. The van der Waals surface area contributed by atoms with E-state index in [1.54, 1.807) is 7.11 Å². The van der Waals surface area contributed by atoms with Crippen LogP contribution in [0.3, 0.4) is 0 Å². The molecule has 2 aliphatic heterocycles. The lowest BCUT2D eigenvalue weighted by atomic mass is 10.5. The molecule has 23 heavy (non-hydrogen) atoms. The molecule has 0 aliphatic carbocycles. The average molecular weight is 338 g/mol. The van der Waals surface area contributed by atoms with Gasteiger partial charge in [0.25, 0.3) is 0 Å². The van der Waals surface area contributed by atoms with E-state index in [2.05, 4.69) is 0 Å². The summed E-state index contributed by atoms with van der Waals surface area (Å²) >= 11 is 0. The van der Waals surface area contributed by atoms with Crippen LogP contribution >= 0.6 is 0 Å². The number of hydrogen-bond acceptors (Lipinski definition) is 8. The molecule has 0 aromatic carbocycles. The summed E-state index contributed by atoms with van der Waals surface area (Å²) in [6.45, 7) is 7.08. The summed E-state index contributed by atoms with van der Waals surface area (Å²) in [6.07, 6.45) is 0.785. The summed E-state index contributed by atoms with van der Waals surface area (Å²) in [7, 11) is 1.64. The van der Waals surface area contributed by atoms with E-state index < -0.39 is 0 Å². The highest BCUT2D eigenvalue weighted by atomic mass is 16.6. The minimum Gasteiger partial charge on any atom is -0.394 e. The van der Waals surface area contributed by atoms with Gasteiger partial charge in [-0.3, -0.25) is 0 Å². The summed E-state index contributed by atoms with van der Waals surface area (Å²) in [6, 6.07) is 0. The number of epoxide rings is 2. The molecule has 0 amide bonds. The molecular formula is C15H30O8. The molecule has 2 aliphatic rings. The molecule has 2 unspecified atom stereocenters. The van der Waals surface area contributed by atoms with E-state index in [0.29, 0.717) is 58.5 Å². The van der Waals surface area contributed by atoms with Gasteiger partial charge >= 0.3 is 0 Å². The van der Waals surface area contributed by atoms with E-state index in [0.717, 1.165) is 26.4 Å². The molecule has 1 N–H and O–H groups in total. The highest BCUT2D eigenvalue weighted by molar-refractivity contribution is 4.71. The van der Waals surface area contributed by atoms with Crippen LogP contribution in [0.2, 0.25) is 0 Å². The molecule has 0 saturated carbocycles. The molecule has 0 radical (unpaired) electrons. The monoisotopic (exact) mass is 338 g/mol. The Morgan fingerprint density at radius 3 is 1.57 bits per heavy atom. The lowest BCUT2D eigenvalue weighted by Gasteiger charge is -2.05. The fraction of sp³-hybridized carbons (Fsp3) is 1.00. The van der Waals surface area contributed by atoms with Crippen LogP contribution in [0.1, 0.15) is 0 Å². The molecule has 2 atom stereocenters. The first-order valence-electron chi connectivity index (χ1n) is 8.00. The molecule has 0 bridgehead atoms. The van der Waals surface area contributed by atoms with Gasteiger partial charge < -0.3 is 38.3 Å². The van der Waals surface area contributed by atoms with Crippen LogP contribution in [-0.4, -0.2) is 104 Å². The van der Waals surface area contributed by atoms with Gasteiger partial charge in [0.15, 0.2) is 0 Å². The zero-order valence-corrected chi connectivity index (χ0v) is 13.9. The number of rotatable bonds is 15. The maximum absolute atomic E-state index is 8.39. The third-order valence-electron chi connectivity index (χ3n) is 2.82. The molecule has 2 fully saturated rings. The number of methoxy groups -OCH3 is 1. The Morgan fingerprint density at radius 2 is 1.17 bits per heavy atom. The van der Waals surface area contributed by atoms with Gasteiger partial charge in [0.1, 0.15) is 12.2 Å². The van der Waals surface area contributed by atoms with Crippen molar-refractivity contribution < 1.29 is 38.3 Å². The molecule has 2 rings (SSSR count). The van der Waals surface area contributed by atoms with Gasteiger partial charge in [0, 0.05) is 7.11 Å². The summed E-state index contributed by atoms with van der Waals surface area (Å²) in [5, 5.41) is 8.39. The van der Waals surface area contributed by atoms with Gasteiger partial charge in [-0.25, -0.2) is 0 Å².